The van der Waals surface area contributed by atoms with Crippen molar-refractivity contribution >= 4 is 6.09 Å². The molecule has 4 nitrogen and oxygen atoms in total. The lowest BCUT2D eigenvalue weighted by molar-refractivity contribution is 0.0742. The number of carbonyl (C=O) groups excluding carboxylic acids is 1. The molecule has 1 unspecified atom stereocenters. The Kier molecular flexibility index (Phi) is 6.25. The summed E-state index contributed by atoms with van der Waals surface area (Å²) in [5.41, 5.74) is 1.00. The highest BCUT2D eigenvalue weighted by Gasteiger charge is 2.35. The molecule has 0 spiro atoms. The zero-order valence-electron chi connectivity index (χ0n) is 13.6. The third-order valence-electron chi connectivity index (χ3n) is 4.51. The van der Waals surface area contributed by atoms with Gasteiger partial charge in [-0.15, -0.1) is 0 Å². The van der Waals surface area contributed by atoms with Crippen molar-refractivity contribution in [3.05, 3.63) is 35.9 Å². The summed E-state index contributed by atoms with van der Waals surface area (Å²) in [6.45, 7) is 4.36. The summed E-state index contributed by atoms with van der Waals surface area (Å²) in [6, 6.07) is 10.1. The largest absolute Gasteiger partial charge is 0.445 e. The first kappa shape index (κ1) is 16.8. The van der Waals surface area contributed by atoms with E-state index < -0.39 is 0 Å². The Morgan fingerprint density at radius 2 is 2.09 bits per heavy atom. The van der Waals surface area contributed by atoms with Gasteiger partial charge in [-0.3, -0.25) is 0 Å². The number of likely N-dealkylation sites (tertiary alicyclic amines) is 1. The molecule has 1 N–H and O–H groups in total. The van der Waals surface area contributed by atoms with Gasteiger partial charge in [-0.05, 0) is 44.6 Å². The van der Waals surface area contributed by atoms with Gasteiger partial charge in [0.05, 0.1) is 6.10 Å². The third-order valence-corrected chi connectivity index (χ3v) is 4.51. The van der Waals surface area contributed by atoms with Crippen LogP contribution in [0.3, 0.4) is 0 Å². The molecule has 0 aromatic heterocycles. The molecule has 1 aromatic rings. The summed E-state index contributed by atoms with van der Waals surface area (Å²) in [6.07, 6.45) is 3.87. The summed E-state index contributed by atoms with van der Waals surface area (Å²) in [5.74, 6) is 0. The number of hydrogen-bond acceptors (Lipinski definition) is 3. The van der Waals surface area contributed by atoms with Gasteiger partial charge in [0.25, 0.3) is 0 Å². The van der Waals surface area contributed by atoms with Crippen molar-refractivity contribution in [3.8, 4) is 0 Å². The zero-order chi connectivity index (χ0) is 15.9. The van der Waals surface area contributed by atoms with Crippen molar-refractivity contribution < 1.29 is 14.6 Å². The highest BCUT2D eigenvalue weighted by molar-refractivity contribution is 5.69. The molecule has 1 amide bonds. The Balaban J connectivity index is 1.87. The molecule has 3 atom stereocenters. The summed E-state index contributed by atoms with van der Waals surface area (Å²) in [7, 11) is 0. The minimum atomic E-state index is -0.266. The van der Waals surface area contributed by atoms with Crippen LogP contribution in [0.1, 0.15) is 51.5 Å². The minimum absolute atomic E-state index is 0.194. The standard InChI is InChI=1S/C18H27NO3/c1-3-17(20)12-11-16-10-9-14(2)19(16)18(21)22-13-15-7-5-4-6-8-15/h4-8,14,16-17,20H,3,9-13H2,1-2H3/t14-,16-,17?/m1/s1. The second kappa shape index (κ2) is 8.18. The fraction of sp³-hybridized carbons (Fsp3) is 0.611. The van der Waals surface area contributed by atoms with E-state index in [2.05, 4.69) is 6.92 Å². The Hall–Kier alpha value is -1.55. The van der Waals surface area contributed by atoms with Crippen LogP contribution in [0.25, 0.3) is 0 Å². The van der Waals surface area contributed by atoms with E-state index >= 15 is 0 Å². The average molecular weight is 305 g/mol. The first-order valence-corrected chi connectivity index (χ1v) is 8.29. The maximum atomic E-state index is 12.4. The van der Waals surface area contributed by atoms with Gasteiger partial charge in [-0.25, -0.2) is 4.79 Å². The molecule has 1 aromatic carbocycles. The molecule has 1 saturated heterocycles. The molecule has 122 valence electrons. The summed E-state index contributed by atoms with van der Waals surface area (Å²) in [4.78, 5) is 14.3. The van der Waals surface area contributed by atoms with Gasteiger partial charge in [0, 0.05) is 12.1 Å². The topological polar surface area (TPSA) is 49.8 Å². The van der Waals surface area contributed by atoms with E-state index in [1.807, 2.05) is 42.2 Å². The number of aliphatic hydroxyl groups is 1. The van der Waals surface area contributed by atoms with Crippen LogP contribution in [-0.2, 0) is 11.3 Å². The second-order valence-electron chi connectivity index (χ2n) is 6.17. The van der Waals surface area contributed by atoms with E-state index in [4.69, 9.17) is 4.74 Å². The van der Waals surface area contributed by atoms with E-state index in [1.165, 1.54) is 0 Å². The van der Waals surface area contributed by atoms with Crippen LogP contribution in [0.2, 0.25) is 0 Å². The molecule has 0 bridgehead atoms. The van der Waals surface area contributed by atoms with Crippen LogP contribution in [0, 0.1) is 0 Å². The first-order chi connectivity index (χ1) is 10.6. The molecule has 1 fully saturated rings. The van der Waals surface area contributed by atoms with Crippen LogP contribution in [0.5, 0.6) is 0 Å². The lowest BCUT2D eigenvalue weighted by atomic mass is 10.0. The van der Waals surface area contributed by atoms with Gasteiger partial charge >= 0.3 is 6.09 Å². The molecule has 22 heavy (non-hydrogen) atoms. The molecular weight excluding hydrogens is 278 g/mol. The smallest absolute Gasteiger partial charge is 0.410 e. The van der Waals surface area contributed by atoms with Crippen LogP contribution in [-0.4, -0.2) is 34.3 Å². The predicted octanol–water partition coefficient (Wildman–Crippen LogP) is 3.73. The van der Waals surface area contributed by atoms with E-state index in [0.29, 0.717) is 6.61 Å². The average Bonchev–Trinajstić information content (AvgIpc) is 2.92. The highest BCUT2D eigenvalue weighted by Crippen LogP contribution is 2.28. The highest BCUT2D eigenvalue weighted by atomic mass is 16.6. The van der Waals surface area contributed by atoms with Crippen LogP contribution >= 0.6 is 0 Å². The van der Waals surface area contributed by atoms with Crippen molar-refractivity contribution in [3.63, 3.8) is 0 Å². The summed E-state index contributed by atoms with van der Waals surface area (Å²) < 4.78 is 5.47. The van der Waals surface area contributed by atoms with Gasteiger partial charge in [0.15, 0.2) is 0 Å². The Labute approximate surface area is 133 Å². The number of ether oxygens (including phenoxy) is 1. The van der Waals surface area contributed by atoms with Crippen molar-refractivity contribution in [2.24, 2.45) is 0 Å². The van der Waals surface area contributed by atoms with Gasteiger partial charge in [0.1, 0.15) is 6.61 Å². The maximum Gasteiger partial charge on any atom is 0.410 e. The third kappa shape index (κ3) is 4.47. The van der Waals surface area contributed by atoms with Crippen molar-refractivity contribution in [2.45, 2.75) is 70.7 Å². The number of benzene rings is 1. The quantitative estimate of drug-likeness (QED) is 0.871. The van der Waals surface area contributed by atoms with E-state index in [0.717, 1.165) is 37.7 Å². The Bertz CT molecular complexity index is 463. The van der Waals surface area contributed by atoms with Crippen LogP contribution in [0.15, 0.2) is 30.3 Å². The Morgan fingerprint density at radius 1 is 1.36 bits per heavy atom. The molecule has 2 rings (SSSR count). The molecule has 1 aliphatic rings. The van der Waals surface area contributed by atoms with Gasteiger partial charge in [-0.2, -0.15) is 0 Å². The lowest BCUT2D eigenvalue weighted by Gasteiger charge is -2.28. The molecule has 0 saturated carbocycles. The second-order valence-corrected chi connectivity index (χ2v) is 6.17. The van der Waals surface area contributed by atoms with Gasteiger partial charge < -0.3 is 14.7 Å². The number of carbonyl (C=O) groups is 1. The molecule has 1 heterocycles. The normalized spacial score (nSPS) is 22.6. The van der Waals surface area contributed by atoms with Gasteiger partial charge in [-0.1, -0.05) is 37.3 Å². The number of hydrogen-bond donors (Lipinski definition) is 1. The van der Waals surface area contributed by atoms with Crippen molar-refractivity contribution in [1.29, 1.82) is 0 Å². The monoisotopic (exact) mass is 305 g/mol. The first-order valence-electron chi connectivity index (χ1n) is 8.29. The van der Waals surface area contributed by atoms with Crippen molar-refractivity contribution in [1.82, 2.24) is 4.90 Å². The van der Waals surface area contributed by atoms with E-state index in [-0.39, 0.29) is 24.3 Å². The van der Waals surface area contributed by atoms with Crippen LogP contribution < -0.4 is 0 Å². The molecular formula is C18H27NO3. The molecule has 0 radical (unpaired) electrons. The zero-order valence-corrected chi connectivity index (χ0v) is 13.6. The molecule has 4 heteroatoms. The van der Waals surface area contributed by atoms with E-state index in [1.54, 1.807) is 0 Å². The SMILES string of the molecule is CCC(O)CC[C@H]1CC[C@@H](C)N1C(=O)OCc1ccccc1. The van der Waals surface area contributed by atoms with Crippen LogP contribution in [0.4, 0.5) is 4.79 Å². The molecule has 0 aliphatic carbocycles. The number of amides is 1. The number of aliphatic hydroxyl groups excluding tert-OH is 1. The van der Waals surface area contributed by atoms with Gasteiger partial charge in [0.2, 0.25) is 0 Å². The minimum Gasteiger partial charge on any atom is -0.445 e. The number of rotatable bonds is 6. The molecule has 1 aliphatic heterocycles. The summed E-state index contributed by atoms with van der Waals surface area (Å²) in [5, 5.41) is 9.73. The fourth-order valence-corrected chi connectivity index (χ4v) is 3.07. The van der Waals surface area contributed by atoms with E-state index in [9.17, 15) is 9.90 Å². The Morgan fingerprint density at radius 3 is 2.77 bits per heavy atom. The van der Waals surface area contributed by atoms with Crippen molar-refractivity contribution in [2.75, 3.05) is 0 Å². The number of nitrogens with zero attached hydrogens (tertiary/aromatic N) is 1. The lowest BCUT2D eigenvalue weighted by Crippen LogP contribution is -2.40. The fourth-order valence-electron chi connectivity index (χ4n) is 3.07. The maximum absolute atomic E-state index is 12.4. The predicted molar refractivity (Wildman–Crippen MR) is 86.5 cm³/mol. The summed E-state index contributed by atoms with van der Waals surface area (Å²) >= 11 is 0.